The summed E-state index contributed by atoms with van der Waals surface area (Å²) in [6.45, 7) is 1.56. The van der Waals surface area contributed by atoms with Gasteiger partial charge in [0, 0.05) is 33.0 Å². The fourth-order valence-electron chi connectivity index (χ4n) is 2.46. The summed E-state index contributed by atoms with van der Waals surface area (Å²) >= 11 is 0. The van der Waals surface area contributed by atoms with Crippen LogP contribution in [0.1, 0.15) is 25.3 Å². The van der Waals surface area contributed by atoms with E-state index in [9.17, 15) is 8.42 Å². The van der Waals surface area contributed by atoms with E-state index in [4.69, 9.17) is 10.5 Å². The van der Waals surface area contributed by atoms with Crippen LogP contribution >= 0.6 is 0 Å². The summed E-state index contributed by atoms with van der Waals surface area (Å²) in [7, 11) is -1.58. The molecule has 8 heteroatoms. The highest BCUT2D eigenvalue weighted by atomic mass is 32.2. The molecule has 0 radical (unpaired) electrons. The Bertz CT molecular complexity index is 521. The van der Waals surface area contributed by atoms with Gasteiger partial charge in [-0.3, -0.25) is 4.68 Å². The number of nitrogen functional groups attached to an aromatic ring is 1. The minimum atomic E-state index is -3.16. The molecule has 20 heavy (non-hydrogen) atoms. The number of hydrogen-bond donors (Lipinski definition) is 1. The third-order valence-corrected chi connectivity index (χ3v) is 5.53. The molecule has 1 aliphatic rings. The van der Waals surface area contributed by atoms with Crippen molar-refractivity contribution in [3.05, 3.63) is 12.3 Å². The van der Waals surface area contributed by atoms with Crippen molar-refractivity contribution < 1.29 is 13.2 Å². The minimum Gasteiger partial charge on any atom is -0.385 e. The monoisotopic (exact) mass is 302 g/mol. The molecule has 1 saturated heterocycles. The lowest BCUT2D eigenvalue weighted by molar-refractivity contribution is 0.198. The van der Waals surface area contributed by atoms with E-state index in [0.29, 0.717) is 31.9 Å². The summed E-state index contributed by atoms with van der Waals surface area (Å²) < 4.78 is 32.6. The van der Waals surface area contributed by atoms with Crippen LogP contribution in [0.4, 0.5) is 5.82 Å². The van der Waals surface area contributed by atoms with Crippen LogP contribution in [0.25, 0.3) is 0 Å². The summed E-state index contributed by atoms with van der Waals surface area (Å²) in [5.74, 6) is 0.653. The van der Waals surface area contributed by atoms with E-state index in [1.54, 1.807) is 17.5 Å². The third kappa shape index (κ3) is 3.71. The number of nitrogens with two attached hydrogens (primary N) is 1. The fourth-order valence-corrected chi connectivity index (χ4v) is 3.96. The Morgan fingerprint density at radius 1 is 1.45 bits per heavy atom. The van der Waals surface area contributed by atoms with Crippen LogP contribution in [-0.4, -0.2) is 55.1 Å². The van der Waals surface area contributed by atoms with Crippen LogP contribution in [0, 0.1) is 0 Å². The van der Waals surface area contributed by atoms with Crippen molar-refractivity contribution >= 4 is 15.8 Å². The molecule has 1 fully saturated rings. The molecular weight excluding hydrogens is 280 g/mol. The van der Waals surface area contributed by atoms with Gasteiger partial charge >= 0.3 is 0 Å². The molecular formula is C12H22N4O3S. The smallest absolute Gasteiger partial charge is 0.214 e. The van der Waals surface area contributed by atoms with Gasteiger partial charge in [0.05, 0.1) is 11.8 Å². The molecule has 0 atom stereocenters. The van der Waals surface area contributed by atoms with Gasteiger partial charge in [-0.25, -0.2) is 12.7 Å². The predicted molar refractivity (Wildman–Crippen MR) is 76.8 cm³/mol. The average Bonchev–Trinajstić information content (AvgIpc) is 2.86. The van der Waals surface area contributed by atoms with Crippen molar-refractivity contribution in [1.29, 1.82) is 0 Å². The number of methoxy groups -OCH3 is 1. The number of hydrogen-bond acceptors (Lipinski definition) is 5. The zero-order valence-corrected chi connectivity index (χ0v) is 12.6. The molecule has 2 N–H and O–H groups in total. The quantitative estimate of drug-likeness (QED) is 0.771. The van der Waals surface area contributed by atoms with E-state index in [2.05, 4.69) is 5.10 Å². The second-order valence-electron chi connectivity index (χ2n) is 5.01. The lowest BCUT2D eigenvalue weighted by Gasteiger charge is -2.31. The van der Waals surface area contributed by atoms with Crippen LogP contribution in [0.15, 0.2) is 12.3 Å². The Hall–Kier alpha value is -1.12. The van der Waals surface area contributed by atoms with Gasteiger partial charge in [-0.1, -0.05) is 0 Å². The van der Waals surface area contributed by atoms with Crippen molar-refractivity contribution in [2.75, 3.05) is 38.3 Å². The highest BCUT2D eigenvalue weighted by Crippen LogP contribution is 2.24. The maximum absolute atomic E-state index is 12.1. The Morgan fingerprint density at radius 2 is 2.15 bits per heavy atom. The first-order chi connectivity index (χ1) is 9.53. The summed E-state index contributed by atoms with van der Waals surface area (Å²) in [5.41, 5.74) is 5.60. The van der Waals surface area contributed by atoms with Gasteiger partial charge in [-0.2, -0.15) is 5.10 Å². The van der Waals surface area contributed by atoms with E-state index in [1.807, 2.05) is 10.9 Å². The predicted octanol–water partition coefficient (Wildman–Crippen LogP) is 0.469. The van der Waals surface area contributed by atoms with Gasteiger partial charge < -0.3 is 10.5 Å². The second-order valence-corrected chi connectivity index (χ2v) is 7.10. The zero-order valence-electron chi connectivity index (χ0n) is 11.7. The molecule has 2 rings (SSSR count). The van der Waals surface area contributed by atoms with Gasteiger partial charge in [0.1, 0.15) is 5.82 Å². The van der Waals surface area contributed by atoms with Crippen LogP contribution < -0.4 is 5.73 Å². The summed E-state index contributed by atoms with van der Waals surface area (Å²) in [4.78, 5) is 0. The number of aromatic nitrogens is 2. The summed E-state index contributed by atoms with van der Waals surface area (Å²) in [5, 5.41) is 4.19. The van der Waals surface area contributed by atoms with Crippen LogP contribution in [-0.2, 0) is 14.8 Å². The van der Waals surface area contributed by atoms with E-state index in [-0.39, 0.29) is 11.8 Å². The highest BCUT2D eigenvalue weighted by Gasteiger charge is 2.28. The molecule has 114 valence electrons. The largest absolute Gasteiger partial charge is 0.385 e. The van der Waals surface area contributed by atoms with E-state index in [1.165, 1.54) is 0 Å². The van der Waals surface area contributed by atoms with Gasteiger partial charge in [-0.05, 0) is 25.3 Å². The molecule has 1 aliphatic heterocycles. The van der Waals surface area contributed by atoms with Gasteiger partial charge in [0.25, 0.3) is 0 Å². The van der Waals surface area contributed by atoms with Crippen molar-refractivity contribution in [2.24, 2.45) is 0 Å². The molecule has 1 aromatic rings. The summed E-state index contributed by atoms with van der Waals surface area (Å²) in [6, 6.07) is 1.99. The first kappa shape index (κ1) is 15.3. The number of anilines is 1. The number of nitrogens with zero attached hydrogens (tertiary/aromatic N) is 3. The van der Waals surface area contributed by atoms with E-state index >= 15 is 0 Å². The molecule has 0 aromatic carbocycles. The minimum absolute atomic E-state index is 0.153. The first-order valence-corrected chi connectivity index (χ1v) is 8.41. The fraction of sp³-hybridized carbons (Fsp3) is 0.750. The molecule has 0 spiro atoms. The van der Waals surface area contributed by atoms with Crippen molar-refractivity contribution in [3.8, 4) is 0 Å². The van der Waals surface area contributed by atoms with Gasteiger partial charge in [-0.15, -0.1) is 0 Å². The molecule has 0 aliphatic carbocycles. The Kier molecular flexibility index (Phi) is 5.00. The average molecular weight is 302 g/mol. The molecule has 7 nitrogen and oxygen atoms in total. The third-order valence-electron chi connectivity index (χ3n) is 3.57. The number of sulfonamides is 1. The Balaban J connectivity index is 1.87. The number of piperidine rings is 1. The first-order valence-electron chi connectivity index (χ1n) is 6.80. The second kappa shape index (κ2) is 6.55. The maximum Gasteiger partial charge on any atom is 0.214 e. The normalized spacial score (nSPS) is 18.4. The Morgan fingerprint density at radius 3 is 2.70 bits per heavy atom. The van der Waals surface area contributed by atoms with Crippen molar-refractivity contribution in [3.63, 3.8) is 0 Å². The van der Waals surface area contributed by atoms with E-state index in [0.717, 1.165) is 12.8 Å². The van der Waals surface area contributed by atoms with Crippen LogP contribution in [0.2, 0.25) is 0 Å². The lowest BCUT2D eigenvalue weighted by atomic mass is 10.1. The zero-order chi connectivity index (χ0) is 14.6. The van der Waals surface area contributed by atoms with Gasteiger partial charge in [0.15, 0.2) is 0 Å². The number of ether oxygens (including phenoxy) is 1. The molecule has 2 heterocycles. The van der Waals surface area contributed by atoms with Crippen molar-refractivity contribution in [1.82, 2.24) is 14.1 Å². The molecule has 1 aromatic heterocycles. The molecule has 0 unspecified atom stereocenters. The number of rotatable bonds is 6. The molecule has 0 bridgehead atoms. The molecule has 0 amide bonds. The van der Waals surface area contributed by atoms with E-state index < -0.39 is 10.0 Å². The standard InChI is InChI=1S/C12H22N4O3S/c1-19-9-2-10-20(17,18)15-6-3-11(4-7-15)16-8-5-12(13)14-16/h5,8,11H,2-4,6-7,9-10H2,1H3,(H2,13,14). The topological polar surface area (TPSA) is 90.5 Å². The molecule has 0 saturated carbocycles. The maximum atomic E-state index is 12.1. The highest BCUT2D eigenvalue weighted by molar-refractivity contribution is 7.89. The van der Waals surface area contributed by atoms with Gasteiger partial charge in [0.2, 0.25) is 10.0 Å². The SMILES string of the molecule is COCCCS(=O)(=O)N1CCC(n2ccc(N)n2)CC1. The van der Waals surface area contributed by atoms with Crippen LogP contribution in [0.3, 0.4) is 0 Å². The van der Waals surface area contributed by atoms with Crippen LogP contribution in [0.5, 0.6) is 0 Å². The summed E-state index contributed by atoms with van der Waals surface area (Å²) in [6.07, 6.45) is 3.92. The lowest BCUT2D eigenvalue weighted by Crippen LogP contribution is -2.40. The van der Waals surface area contributed by atoms with Crippen molar-refractivity contribution in [2.45, 2.75) is 25.3 Å². The Labute approximate surface area is 119 Å².